The second kappa shape index (κ2) is 4.96. The first kappa shape index (κ1) is 12.0. The molecule has 4 rings (SSSR count). The Bertz CT molecular complexity index is 568. The van der Waals surface area contributed by atoms with Crippen LogP contribution < -0.4 is 5.32 Å². The van der Waals surface area contributed by atoms with E-state index in [1.165, 1.54) is 0 Å². The minimum atomic E-state index is 0.802. The highest BCUT2D eigenvalue weighted by molar-refractivity contribution is 5.30. The largest absolute Gasteiger partial charge is 0.316 e. The van der Waals surface area contributed by atoms with E-state index < -0.39 is 0 Å². The van der Waals surface area contributed by atoms with E-state index in [0.717, 1.165) is 56.1 Å². The summed E-state index contributed by atoms with van der Waals surface area (Å²) in [5.41, 5.74) is 1.02. The average molecular weight is 270 g/mol. The molecule has 0 spiro atoms. The number of nitrogens with one attached hydrogen (secondary N) is 1. The summed E-state index contributed by atoms with van der Waals surface area (Å²) < 4.78 is 1.84. The fourth-order valence-electron chi connectivity index (χ4n) is 3.36. The average Bonchev–Trinajstić information content (AvgIpc) is 3.15. The van der Waals surface area contributed by atoms with Gasteiger partial charge in [0.2, 0.25) is 0 Å². The van der Waals surface area contributed by atoms with Gasteiger partial charge in [-0.15, -0.1) is 5.10 Å². The van der Waals surface area contributed by atoms with Crippen LogP contribution in [0.5, 0.6) is 0 Å². The molecule has 1 N–H and O–H groups in total. The number of fused-ring (bicyclic) bond motifs is 1. The Hall–Kier alpha value is -1.79. The number of likely N-dealkylation sites (tertiary alicyclic amines) is 1. The number of aromatic nitrogens is 4. The molecule has 2 saturated heterocycles. The van der Waals surface area contributed by atoms with Gasteiger partial charge in [-0.05, 0) is 47.5 Å². The molecule has 0 radical (unpaired) electrons. The van der Waals surface area contributed by atoms with Crippen molar-refractivity contribution in [2.45, 2.75) is 6.54 Å². The number of para-hydroxylation sites is 1. The third kappa shape index (κ3) is 2.10. The highest BCUT2D eigenvalue weighted by atomic mass is 15.5. The first-order chi connectivity index (χ1) is 9.90. The zero-order chi connectivity index (χ0) is 13.4. The van der Waals surface area contributed by atoms with Crippen molar-refractivity contribution in [1.82, 2.24) is 30.4 Å². The van der Waals surface area contributed by atoms with E-state index in [0.29, 0.717) is 0 Å². The van der Waals surface area contributed by atoms with Crippen LogP contribution in [0.2, 0.25) is 0 Å². The van der Waals surface area contributed by atoms with Gasteiger partial charge in [0.05, 0.1) is 12.2 Å². The minimum absolute atomic E-state index is 0.802. The maximum absolute atomic E-state index is 4.19. The van der Waals surface area contributed by atoms with E-state index in [1.54, 1.807) is 0 Å². The fourth-order valence-corrected chi connectivity index (χ4v) is 3.36. The molecule has 0 bridgehead atoms. The second-order valence-corrected chi connectivity index (χ2v) is 5.71. The summed E-state index contributed by atoms with van der Waals surface area (Å²) >= 11 is 0. The Morgan fingerprint density at radius 3 is 2.60 bits per heavy atom. The Labute approximate surface area is 117 Å². The molecule has 2 fully saturated rings. The van der Waals surface area contributed by atoms with Gasteiger partial charge >= 0.3 is 0 Å². The van der Waals surface area contributed by atoms with Gasteiger partial charge in [0.25, 0.3) is 0 Å². The van der Waals surface area contributed by atoms with Crippen LogP contribution in [0.3, 0.4) is 0 Å². The first-order valence-electron chi connectivity index (χ1n) is 7.16. The highest BCUT2D eigenvalue weighted by Crippen LogP contribution is 2.27. The minimum Gasteiger partial charge on any atom is -0.316 e. The monoisotopic (exact) mass is 270 g/mol. The van der Waals surface area contributed by atoms with Crippen molar-refractivity contribution in [2.24, 2.45) is 11.8 Å². The number of rotatable bonds is 3. The smallest absolute Gasteiger partial charge is 0.170 e. The maximum atomic E-state index is 4.19. The van der Waals surface area contributed by atoms with Crippen LogP contribution in [-0.4, -0.2) is 51.3 Å². The van der Waals surface area contributed by atoms with Crippen LogP contribution in [0.4, 0.5) is 0 Å². The molecule has 2 aliphatic heterocycles. The molecular formula is C14H18N6. The molecule has 1 aromatic carbocycles. The van der Waals surface area contributed by atoms with Crippen molar-refractivity contribution in [2.75, 3.05) is 26.2 Å². The molecular weight excluding hydrogens is 252 g/mol. The second-order valence-electron chi connectivity index (χ2n) is 5.71. The van der Waals surface area contributed by atoms with Crippen LogP contribution in [0.15, 0.2) is 30.3 Å². The molecule has 0 amide bonds. The van der Waals surface area contributed by atoms with Crippen LogP contribution >= 0.6 is 0 Å². The quantitative estimate of drug-likeness (QED) is 0.870. The molecule has 0 unspecified atom stereocenters. The van der Waals surface area contributed by atoms with Gasteiger partial charge in [0.1, 0.15) is 0 Å². The molecule has 2 atom stereocenters. The lowest BCUT2D eigenvalue weighted by molar-refractivity contribution is 0.295. The summed E-state index contributed by atoms with van der Waals surface area (Å²) in [7, 11) is 0. The fraction of sp³-hybridized carbons (Fsp3) is 0.500. The van der Waals surface area contributed by atoms with Crippen molar-refractivity contribution >= 4 is 0 Å². The normalized spacial score (nSPS) is 26.0. The predicted molar refractivity (Wildman–Crippen MR) is 74.3 cm³/mol. The third-order valence-corrected chi connectivity index (χ3v) is 4.37. The first-order valence-corrected chi connectivity index (χ1v) is 7.16. The van der Waals surface area contributed by atoms with E-state index in [2.05, 4.69) is 25.7 Å². The predicted octanol–water partition coefficient (Wildman–Crippen LogP) is 0.313. The van der Waals surface area contributed by atoms with Crippen LogP contribution in [0, 0.1) is 11.8 Å². The summed E-state index contributed by atoms with van der Waals surface area (Å²) in [6.07, 6.45) is 0. The molecule has 2 aliphatic rings. The molecule has 6 heteroatoms. The lowest BCUT2D eigenvalue weighted by Gasteiger charge is -2.16. The van der Waals surface area contributed by atoms with E-state index in [1.807, 2.05) is 35.0 Å². The lowest BCUT2D eigenvalue weighted by atomic mass is 10.0. The zero-order valence-electron chi connectivity index (χ0n) is 11.3. The van der Waals surface area contributed by atoms with Crippen molar-refractivity contribution < 1.29 is 0 Å². The van der Waals surface area contributed by atoms with E-state index >= 15 is 0 Å². The standard InChI is InChI=1S/C14H18N6/c1-2-4-13(5-3-1)20-14(16-17-18-20)10-19-8-11-6-15-7-12(11)9-19/h1-5,11-12,15H,6-10H2/t11-,12+. The Morgan fingerprint density at radius 2 is 1.85 bits per heavy atom. The van der Waals surface area contributed by atoms with Crippen LogP contribution in [0.1, 0.15) is 5.82 Å². The highest BCUT2D eigenvalue weighted by Gasteiger charge is 2.36. The van der Waals surface area contributed by atoms with Crippen LogP contribution in [0.25, 0.3) is 5.69 Å². The van der Waals surface area contributed by atoms with Gasteiger partial charge in [-0.2, -0.15) is 4.68 Å². The molecule has 0 saturated carbocycles. The molecule has 1 aromatic heterocycles. The summed E-state index contributed by atoms with van der Waals surface area (Å²) in [6, 6.07) is 10.1. The zero-order valence-corrected chi connectivity index (χ0v) is 11.3. The SMILES string of the molecule is c1ccc(-n2nnnc2CN2C[C@H]3CNC[C@H]3C2)cc1. The van der Waals surface area contributed by atoms with Crippen molar-refractivity contribution in [3.8, 4) is 5.69 Å². The van der Waals surface area contributed by atoms with Crippen LogP contribution in [-0.2, 0) is 6.54 Å². The van der Waals surface area contributed by atoms with E-state index in [-0.39, 0.29) is 0 Å². The van der Waals surface area contributed by atoms with E-state index in [9.17, 15) is 0 Å². The van der Waals surface area contributed by atoms with Gasteiger partial charge in [0, 0.05) is 13.1 Å². The van der Waals surface area contributed by atoms with Crippen molar-refractivity contribution in [3.63, 3.8) is 0 Å². The van der Waals surface area contributed by atoms with Gasteiger partial charge in [-0.25, -0.2) is 0 Å². The maximum Gasteiger partial charge on any atom is 0.170 e. The summed E-state index contributed by atoms with van der Waals surface area (Å²) in [4.78, 5) is 2.47. The number of nitrogens with zero attached hydrogens (tertiary/aromatic N) is 5. The van der Waals surface area contributed by atoms with Gasteiger partial charge in [0.15, 0.2) is 5.82 Å². The molecule has 0 aliphatic carbocycles. The number of tetrazole rings is 1. The summed E-state index contributed by atoms with van der Waals surface area (Å²) in [5, 5.41) is 15.6. The number of hydrogen-bond donors (Lipinski definition) is 1. The third-order valence-electron chi connectivity index (χ3n) is 4.37. The molecule has 104 valence electrons. The lowest BCUT2D eigenvalue weighted by Crippen LogP contribution is -2.26. The molecule has 6 nitrogen and oxygen atoms in total. The summed E-state index contributed by atoms with van der Waals surface area (Å²) in [5.74, 6) is 2.52. The van der Waals surface area contributed by atoms with E-state index in [4.69, 9.17) is 0 Å². The summed E-state index contributed by atoms with van der Waals surface area (Å²) in [6.45, 7) is 5.45. The van der Waals surface area contributed by atoms with Crippen molar-refractivity contribution in [1.29, 1.82) is 0 Å². The molecule has 3 heterocycles. The Morgan fingerprint density at radius 1 is 1.10 bits per heavy atom. The van der Waals surface area contributed by atoms with Gasteiger partial charge < -0.3 is 5.32 Å². The number of hydrogen-bond acceptors (Lipinski definition) is 5. The molecule has 20 heavy (non-hydrogen) atoms. The number of benzene rings is 1. The Balaban J connectivity index is 1.52. The Kier molecular flexibility index (Phi) is 2.97. The molecule has 2 aromatic rings. The van der Waals surface area contributed by atoms with Crippen molar-refractivity contribution in [3.05, 3.63) is 36.2 Å². The van der Waals surface area contributed by atoms with Gasteiger partial charge in [-0.3, -0.25) is 4.90 Å². The van der Waals surface area contributed by atoms with Gasteiger partial charge in [-0.1, -0.05) is 18.2 Å². The topological polar surface area (TPSA) is 58.9 Å².